The number of thiazole rings is 1. The highest BCUT2D eigenvalue weighted by molar-refractivity contribution is 7.09. The van der Waals surface area contributed by atoms with Crippen LogP contribution in [0.4, 0.5) is 4.79 Å². The molecule has 8 heteroatoms. The Morgan fingerprint density at radius 1 is 1.30 bits per heavy atom. The lowest BCUT2D eigenvalue weighted by atomic mass is 10.2. The van der Waals surface area contributed by atoms with E-state index in [1.165, 1.54) is 11.3 Å². The quantitative estimate of drug-likeness (QED) is 0.908. The molecule has 1 aliphatic rings. The van der Waals surface area contributed by atoms with Crippen LogP contribution in [0.25, 0.3) is 0 Å². The van der Waals surface area contributed by atoms with Crippen molar-refractivity contribution in [2.45, 2.75) is 39.3 Å². The lowest BCUT2D eigenvalue weighted by molar-refractivity contribution is 0.0257. The smallest absolute Gasteiger partial charge is 0.410 e. The summed E-state index contributed by atoms with van der Waals surface area (Å²) in [6.45, 7) is 9.03. The molecule has 1 aromatic rings. The van der Waals surface area contributed by atoms with Crippen molar-refractivity contribution >= 4 is 23.4 Å². The van der Waals surface area contributed by atoms with Gasteiger partial charge in [0.1, 0.15) is 10.6 Å². The van der Waals surface area contributed by atoms with Gasteiger partial charge in [-0.2, -0.15) is 0 Å². The van der Waals surface area contributed by atoms with Gasteiger partial charge in [0, 0.05) is 31.6 Å². The molecule has 1 saturated heterocycles. The molecule has 0 aromatic carbocycles. The number of carbonyl (C=O) groups excluding carboxylic acids is 1. The van der Waals surface area contributed by atoms with Crippen molar-refractivity contribution in [3.8, 4) is 0 Å². The monoisotopic (exact) mass is 341 g/mol. The van der Waals surface area contributed by atoms with E-state index in [0.717, 1.165) is 24.5 Å². The minimum absolute atomic E-state index is 0.0928. The van der Waals surface area contributed by atoms with Crippen molar-refractivity contribution in [3.05, 3.63) is 16.1 Å². The number of hydrogen-bond acceptors (Lipinski definition) is 6. The first-order chi connectivity index (χ1) is 10.7. The van der Waals surface area contributed by atoms with Crippen LogP contribution >= 0.6 is 11.3 Å². The van der Waals surface area contributed by atoms with Gasteiger partial charge in [-0.1, -0.05) is 0 Å². The molecule has 0 radical (unpaired) electrons. The summed E-state index contributed by atoms with van der Waals surface area (Å²) in [5, 5.41) is 11.3. The van der Waals surface area contributed by atoms with Gasteiger partial charge < -0.3 is 14.7 Å². The molecule has 1 N–H and O–H groups in total. The second-order valence-electron chi connectivity index (χ2n) is 6.53. The van der Waals surface area contributed by atoms with Gasteiger partial charge in [0.05, 0.1) is 6.54 Å². The van der Waals surface area contributed by atoms with E-state index in [-0.39, 0.29) is 11.8 Å². The van der Waals surface area contributed by atoms with E-state index in [4.69, 9.17) is 9.84 Å². The van der Waals surface area contributed by atoms with E-state index in [0.29, 0.717) is 19.6 Å². The Morgan fingerprint density at radius 3 is 2.65 bits per heavy atom. The average Bonchev–Trinajstić information content (AvgIpc) is 2.76. The molecule has 1 aliphatic heterocycles. The van der Waals surface area contributed by atoms with Crippen molar-refractivity contribution in [3.63, 3.8) is 0 Å². The highest BCUT2D eigenvalue weighted by atomic mass is 32.1. The van der Waals surface area contributed by atoms with E-state index in [9.17, 15) is 9.59 Å². The molecule has 0 atom stereocenters. The summed E-state index contributed by atoms with van der Waals surface area (Å²) >= 11 is 1.35. The Balaban J connectivity index is 1.88. The van der Waals surface area contributed by atoms with Crippen LogP contribution in [0.5, 0.6) is 0 Å². The number of carboxylic acids is 1. The third-order valence-corrected chi connectivity index (χ3v) is 4.20. The molecule has 2 heterocycles. The first kappa shape index (κ1) is 17.7. The van der Waals surface area contributed by atoms with Gasteiger partial charge in [0.25, 0.3) is 0 Å². The van der Waals surface area contributed by atoms with Crippen molar-refractivity contribution in [2.24, 2.45) is 0 Å². The Labute approximate surface area is 139 Å². The number of amides is 1. The van der Waals surface area contributed by atoms with Crippen molar-refractivity contribution in [2.75, 3.05) is 26.2 Å². The maximum Gasteiger partial charge on any atom is 0.410 e. The number of hydrogen-bond donors (Lipinski definition) is 1. The summed E-state index contributed by atoms with van der Waals surface area (Å²) in [6, 6.07) is 0. The molecule has 0 spiro atoms. The average molecular weight is 341 g/mol. The molecule has 7 nitrogen and oxygen atoms in total. The lowest BCUT2D eigenvalue weighted by Gasteiger charge is -2.26. The molecule has 1 fully saturated rings. The predicted octanol–water partition coefficient (Wildman–Crippen LogP) is 2.28. The first-order valence-electron chi connectivity index (χ1n) is 7.62. The van der Waals surface area contributed by atoms with Gasteiger partial charge in [0.15, 0.2) is 5.69 Å². The maximum absolute atomic E-state index is 12.1. The van der Waals surface area contributed by atoms with Crippen molar-refractivity contribution < 1.29 is 19.4 Å². The minimum atomic E-state index is -1.00. The molecule has 0 aliphatic carbocycles. The van der Waals surface area contributed by atoms with Gasteiger partial charge in [-0.25, -0.2) is 14.6 Å². The molecule has 128 valence electrons. The fraction of sp³-hybridized carbons (Fsp3) is 0.667. The van der Waals surface area contributed by atoms with E-state index >= 15 is 0 Å². The van der Waals surface area contributed by atoms with Gasteiger partial charge in [-0.05, 0) is 27.2 Å². The van der Waals surface area contributed by atoms with E-state index in [1.54, 1.807) is 10.3 Å². The fourth-order valence-electron chi connectivity index (χ4n) is 2.31. The minimum Gasteiger partial charge on any atom is -0.476 e. The normalized spacial score (nSPS) is 16.9. The molecular formula is C15H23N3O4S. The highest BCUT2D eigenvalue weighted by Gasteiger charge is 2.24. The number of aromatic carboxylic acids is 1. The van der Waals surface area contributed by atoms with Crippen LogP contribution < -0.4 is 0 Å². The van der Waals surface area contributed by atoms with Gasteiger partial charge in [0.2, 0.25) is 0 Å². The number of carbonyl (C=O) groups is 2. The zero-order valence-electron chi connectivity index (χ0n) is 13.7. The van der Waals surface area contributed by atoms with Gasteiger partial charge >= 0.3 is 12.1 Å². The number of carboxylic acid groups (broad SMARTS) is 1. The van der Waals surface area contributed by atoms with E-state index in [2.05, 4.69) is 9.88 Å². The third-order valence-electron chi connectivity index (χ3n) is 3.37. The molecule has 2 rings (SSSR count). The second-order valence-corrected chi connectivity index (χ2v) is 7.47. The molecule has 1 aromatic heterocycles. The van der Waals surface area contributed by atoms with Crippen LogP contribution in [0, 0.1) is 0 Å². The summed E-state index contributed by atoms with van der Waals surface area (Å²) in [4.78, 5) is 31.0. The van der Waals surface area contributed by atoms with Crippen LogP contribution in [-0.4, -0.2) is 63.7 Å². The fourth-order valence-corrected chi connectivity index (χ4v) is 3.12. The summed E-state index contributed by atoms with van der Waals surface area (Å²) in [5.74, 6) is -1.00. The SMILES string of the molecule is CC(C)(C)OC(=O)N1CCCN(Cc2nc(C(=O)O)cs2)CC1. The van der Waals surface area contributed by atoms with E-state index in [1.807, 2.05) is 20.8 Å². The first-order valence-corrected chi connectivity index (χ1v) is 8.50. The molecule has 0 bridgehead atoms. The summed E-state index contributed by atoms with van der Waals surface area (Å²) in [5.41, 5.74) is -0.396. The van der Waals surface area contributed by atoms with Crippen LogP contribution in [0.2, 0.25) is 0 Å². The van der Waals surface area contributed by atoms with Crippen LogP contribution in [0.15, 0.2) is 5.38 Å². The topological polar surface area (TPSA) is 83.0 Å². The molecule has 0 unspecified atom stereocenters. The Kier molecular flexibility index (Phi) is 5.59. The lowest BCUT2D eigenvalue weighted by Crippen LogP contribution is -2.39. The number of nitrogens with zero attached hydrogens (tertiary/aromatic N) is 3. The van der Waals surface area contributed by atoms with Crippen LogP contribution in [-0.2, 0) is 11.3 Å². The van der Waals surface area contributed by atoms with Crippen LogP contribution in [0.3, 0.4) is 0 Å². The Bertz CT molecular complexity index is 567. The maximum atomic E-state index is 12.1. The Hall–Kier alpha value is -1.67. The zero-order valence-corrected chi connectivity index (χ0v) is 14.6. The second kappa shape index (κ2) is 7.27. The predicted molar refractivity (Wildman–Crippen MR) is 86.8 cm³/mol. The largest absolute Gasteiger partial charge is 0.476 e. The van der Waals surface area contributed by atoms with Crippen molar-refractivity contribution in [1.29, 1.82) is 0 Å². The van der Waals surface area contributed by atoms with Gasteiger partial charge in [-0.15, -0.1) is 11.3 Å². The number of aromatic nitrogens is 1. The standard InChI is InChI=1S/C15H23N3O4S/c1-15(2,3)22-14(21)18-6-4-5-17(7-8-18)9-12-16-11(10-23-12)13(19)20/h10H,4-9H2,1-3H3,(H,19,20). The Morgan fingerprint density at radius 2 is 2.04 bits per heavy atom. The van der Waals surface area contributed by atoms with Crippen molar-refractivity contribution in [1.82, 2.24) is 14.8 Å². The number of ether oxygens (including phenoxy) is 1. The molecule has 23 heavy (non-hydrogen) atoms. The summed E-state index contributed by atoms with van der Waals surface area (Å²) < 4.78 is 5.41. The summed E-state index contributed by atoms with van der Waals surface area (Å²) in [7, 11) is 0. The summed E-state index contributed by atoms with van der Waals surface area (Å²) in [6.07, 6.45) is 0.581. The molecular weight excluding hydrogens is 318 g/mol. The van der Waals surface area contributed by atoms with Crippen LogP contribution in [0.1, 0.15) is 42.7 Å². The van der Waals surface area contributed by atoms with E-state index < -0.39 is 11.6 Å². The van der Waals surface area contributed by atoms with Gasteiger partial charge in [-0.3, -0.25) is 4.90 Å². The highest BCUT2D eigenvalue weighted by Crippen LogP contribution is 2.16. The number of rotatable bonds is 3. The zero-order chi connectivity index (χ0) is 17.0. The molecule has 0 saturated carbocycles. The molecule has 1 amide bonds. The third kappa shape index (κ3) is 5.47.